The van der Waals surface area contributed by atoms with Crippen molar-refractivity contribution in [2.75, 3.05) is 19.6 Å². The van der Waals surface area contributed by atoms with Crippen molar-refractivity contribution in [1.29, 1.82) is 0 Å². The van der Waals surface area contributed by atoms with Gasteiger partial charge >= 0.3 is 0 Å². The molecule has 1 N–H and O–H groups in total. The summed E-state index contributed by atoms with van der Waals surface area (Å²) in [4.78, 5) is 19.2. The van der Waals surface area contributed by atoms with Crippen molar-refractivity contribution in [2.24, 2.45) is 5.92 Å². The first kappa shape index (κ1) is 21.5. The van der Waals surface area contributed by atoms with Crippen molar-refractivity contribution < 1.29 is 9.32 Å². The molecule has 0 saturated carbocycles. The second-order valence-electron chi connectivity index (χ2n) is 9.06. The van der Waals surface area contributed by atoms with E-state index in [0.717, 1.165) is 50.9 Å². The predicted octanol–water partition coefficient (Wildman–Crippen LogP) is 4.16. The smallest absolute Gasteiger partial charge is 0.241 e. The van der Waals surface area contributed by atoms with Crippen LogP contribution in [0.2, 0.25) is 0 Å². The lowest BCUT2D eigenvalue weighted by Gasteiger charge is -2.30. The lowest BCUT2D eigenvalue weighted by molar-refractivity contribution is -0.126. The number of aromatic nitrogens is 2. The SMILES string of the molecule is CCCCNC(=O)C1CCCN(Cc2nc(-c3ccc(C(C)(C)C)cc3)no2)C1. The topological polar surface area (TPSA) is 71.3 Å². The van der Waals surface area contributed by atoms with Gasteiger partial charge in [0.1, 0.15) is 0 Å². The molecule has 0 spiro atoms. The first-order valence-corrected chi connectivity index (χ1v) is 10.8. The lowest BCUT2D eigenvalue weighted by Crippen LogP contribution is -2.42. The third-order valence-corrected chi connectivity index (χ3v) is 5.54. The minimum Gasteiger partial charge on any atom is -0.356 e. The Labute approximate surface area is 174 Å². The number of carbonyl (C=O) groups is 1. The molecular weight excluding hydrogens is 364 g/mol. The monoisotopic (exact) mass is 398 g/mol. The number of amides is 1. The maximum Gasteiger partial charge on any atom is 0.241 e. The van der Waals surface area contributed by atoms with E-state index in [-0.39, 0.29) is 17.2 Å². The van der Waals surface area contributed by atoms with Crippen molar-refractivity contribution in [1.82, 2.24) is 20.4 Å². The number of likely N-dealkylation sites (tertiary alicyclic amines) is 1. The molecule has 29 heavy (non-hydrogen) atoms. The molecule has 0 radical (unpaired) electrons. The molecule has 1 aliphatic heterocycles. The van der Waals surface area contributed by atoms with Crippen LogP contribution in [0.5, 0.6) is 0 Å². The molecule has 2 aromatic rings. The first-order valence-electron chi connectivity index (χ1n) is 10.8. The quantitative estimate of drug-likeness (QED) is 0.709. The van der Waals surface area contributed by atoms with Crippen LogP contribution in [-0.2, 0) is 16.8 Å². The van der Waals surface area contributed by atoms with Gasteiger partial charge in [0.2, 0.25) is 17.6 Å². The van der Waals surface area contributed by atoms with Crippen LogP contribution in [-0.4, -0.2) is 40.6 Å². The Bertz CT molecular complexity index is 792. The number of carbonyl (C=O) groups excluding carboxylic acids is 1. The second kappa shape index (κ2) is 9.53. The fourth-order valence-electron chi connectivity index (χ4n) is 3.69. The Kier molecular flexibility index (Phi) is 7.06. The van der Waals surface area contributed by atoms with Gasteiger partial charge in [0, 0.05) is 18.7 Å². The number of rotatable bonds is 7. The number of hydrogen-bond acceptors (Lipinski definition) is 5. The van der Waals surface area contributed by atoms with Gasteiger partial charge < -0.3 is 9.84 Å². The molecular formula is C23H34N4O2. The number of unbranched alkanes of at least 4 members (excludes halogenated alkanes) is 1. The standard InChI is InChI=1S/C23H34N4O2/c1-5-6-13-24-22(28)18-8-7-14-27(15-18)16-20-25-21(26-29-20)17-9-11-19(12-10-17)23(2,3)4/h9-12,18H,5-8,13-16H2,1-4H3,(H,24,28). The van der Waals surface area contributed by atoms with Gasteiger partial charge in [0.15, 0.2) is 0 Å². The van der Waals surface area contributed by atoms with Gasteiger partial charge in [-0.2, -0.15) is 4.98 Å². The molecule has 6 heteroatoms. The Morgan fingerprint density at radius 3 is 2.72 bits per heavy atom. The number of hydrogen-bond donors (Lipinski definition) is 1. The van der Waals surface area contributed by atoms with Gasteiger partial charge in [-0.3, -0.25) is 9.69 Å². The maximum atomic E-state index is 12.4. The van der Waals surface area contributed by atoms with E-state index < -0.39 is 0 Å². The van der Waals surface area contributed by atoms with Crippen LogP contribution in [0.25, 0.3) is 11.4 Å². The van der Waals surface area contributed by atoms with Gasteiger partial charge in [-0.1, -0.05) is 63.5 Å². The highest BCUT2D eigenvalue weighted by Crippen LogP contribution is 2.25. The van der Waals surface area contributed by atoms with Crippen molar-refractivity contribution in [3.05, 3.63) is 35.7 Å². The van der Waals surface area contributed by atoms with Gasteiger partial charge in [-0.15, -0.1) is 0 Å². The summed E-state index contributed by atoms with van der Waals surface area (Å²) in [6, 6.07) is 8.34. The van der Waals surface area contributed by atoms with Gasteiger partial charge in [0.25, 0.3) is 0 Å². The normalized spacial score (nSPS) is 18.0. The summed E-state index contributed by atoms with van der Waals surface area (Å²) in [5.74, 6) is 1.44. The molecule has 0 aliphatic carbocycles. The van der Waals surface area contributed by atoms with Crippen molar-refractivity contribution in [3.63, 3.8) is 0 Å². The molecule has 2 heterocycles. The summed E-state index contributed by atoms with van der Waals surface area (Å²) < 4.78 is 5.49. The largest absolute Gasteiger partial charge is 0.356 e. The molecule has 1 aliphatic rings. The number of piperidine rings is 1. The molecule has 1 amide bonds. The van der Waals surface area contributed by atoms with E-state index in [9.17, 15) is 4.79 Å². The second-order valence-corrected chi connectivity index (χ2v) is 9.06. The van der Waals surface area contributed by atoms with E-state index in [2.05, 4.69) is 60.2 Å². The predicted molar refractivity (Wildman–Crippen MR) is 114 cm³/mol. The lowest BCUT2D eigenvalue weighted by atomic mass is 9.87. The van der Waals surface area contributed by atoms with Crippen LogP contribution in [0.15, 0.2) is 28.8 Å². The Morgan fingerprint density at radius 1 is 1.28 bits per heavy atom. The van der Waals surface area contributed by atoms with E-state index in [0.29, 0.717) is 18.3 Å². The van der Waals surface area contributed by atoms with Crippen LogP contribution >= 0.6 is 0 Å². The van der Waals surface area contributed by atoms with Gasteiger partial charge in [0.05, 0.1) is 12.5 Å². The number of nitrogens with one attached hydrogen (secondary N) is 1. The summed E-state index contributed by atoms with van der Waals surface area (Å²) in [6.07, 6.45) is 4.09. The third kappa shape index (κ3) is 5.89. The molecule has 158 valence electrons. The summed E-state index contributed by atoms with van der Waals surface area (Å²) in [5.41, 5.74) is 2.36. The first-order chi connectivity index (χ1) is 13.9. The fraction of sp³-hybridized carbons (Fsp3) is 0.609. The minimum absolute atomic E-state index is 0.0490. The van der Waals surface area contributed by atoms with Crippen LogP contribution in [0.3, 0.4) is 0 Å². The van der Waals surface area contributed by atoms with Crippen molar-refractivity contribution >= 4 is 5.91 Å². The van der Waals surface area contributed by atoms with Gasteiger partial charge in [-0.25, -0.2) is 0 Å². The fourth-order valence-corrected chi connectivity index (χ4v) is 3.69. The van der Waals surface area contributed by atoms with Crippen molar-refractivity contribution in [3.8, 4) is 11.4 Å². The Balaban J connectivity index is 1.57. The Hall–Kier alpha value is -2.21. The van der Waals surface area contributed by atoms with E-state index in [1.165, 1.54) is 5.56 Å². The number of nitrogens with zero attached hydrogens (tertiary/aromatic N) is 3. The van der Waals surface area contributed by atoms with E-state index in [1.807, 2.05) is 12.1 Å². The summed E-state index contributed by atoms with van der Waals surface area (Å²) in [6.45, 7) is 11.8. The van der Waals surface area contributed by atoms with Crippen LogP contribution in [0, 0.1) is 5.92 Å². The molecule has 0 bridgehead atoms. The van der Waals surface area contributed by atoms with E-state index >= 15 is 0 Å². The average molecular weight is 399 g/mol. The van der Waals surface area contributed by atoms with Crippen LogP contribution in [0.4, 0.5) is 0 Å². The molecule has 3 rings (SSSR count). The highest BCUT2D eigenvalue weighted by molar-refractivity contribution is 5.78. The van der Waals surface area contributed by atoms with Crippen LogP contribution < -0.4 is 5.32 Å². The number of benzene rings is 1. The highest BCUT2D eigenvalue weighted by Gasteiger charge is 2.26. The zero-order valence-corrected chi connectivity index (χ0v) is 18.2. The van der Waals surface area contributed by atoms with E-state index in [1.54, 1.807) is 0 Å². The average Bonchev–Trinajstić information content (AvgIpc) is 3.16. The van der Waals surface area contributed by atoms with Crippen molar-refractivity contribution in [2.45, 2.75) is 65.3 Å². The molecule has 1 aromatic carbocycles. The Morgan fingerprint density at radius 2 is 2.03 bits per heavy atom. The maximum absolute atomic E-state index is 12.4. The molecule has 1 aromatic heterocycles. The minimum atomic E-state index is 0.0490. The van der Waals surface area contributed by atoms with Gasteiger partial charge in [-0.05, 0) is 36.8 Å². The third-order valence-electron chi connectivity index (χ3n) is 5.54. The molecule has 6 nitrogen and oxygen atoms in total. The summed E-state index contributed by atoms with van der Waals surface area (Å²) >= 11 is 0. The zero-order valence-electron chi connectivity index (χ0n) is 18.2. The van der Waals surface area contributed by atoms with Crippen LogP contribution in [0.1, 0.15) is 64.8 Å². The molecule has 1 fully saturated rings. The van der Waals surface area contributed by atoms with E-state index in [4.69, 9.17) is 4.52 Å². The molecule has 1 unspecified atom stereocenters. The summed E-state index contributed by atoms with van der Waals surface area (Å²) in [7, 11) is 0. The molecule has 1 atom stereocenters. The highest BCUT2D eigenvalue weighted by atomic mass is 16.5. The zero-order chi connectivity index (χ0) is 20.9. The molecule has 1 saturated heterocycles. The summed E-state index contributed by atoms with van der Waals surface area (Å²) in [5, 5.41) is 7.22.